The molecule has 0 fully saturated rings. The van der Waals surface area contributed by atoms with E-state index >= 15 is 0 Å². The van der Waals surface area contributed by atoms with Gasteiger partial charge in [0.2, 0.25) is 5.91 Å². The molecule has 1 aliphatic rings. The number of hydrogen-bond acceptors (Lipinski definition) is 7. The summed E-state index contributed by atoms with van der Waals surface area (Å²) in [5, 5.41) is 15.5. The molecule has 0 aliphatic carbocycles. The van der Waals surface area contributed by atoms with Gasteiger partial charge in [0.25, 0.3) is 11.6 Å². The van der Waals surface area contributed by atoms with E-state index in [-0.39, 0.29) is 17.2 Å². The number of fused-ring (bicyclic) bond motifs is 2. The van der Waals surface area contributed by atoms with E-state index < -0.39 is 10.8 Å². The zero-order valence-electron chi connectivity index (χ0n) is 17.5. The van der Waals surface area contributed by atoms with Gasteiger partial charge in [0.1, 0.15) is 10.0 Å². The molecule has 0 spiro atoms. The summed E-state index contributed by atoms with van der Waals surface area (Å²) in [6.45, 7) is 2.65. The van der Waals surface area contributed by atoms with Crippen molar-refractivity contribution in [2.24, 2.45) is 0 Å². The van der Waals surface area contributed by atoms with Crippen LogP contribution in [0.1, 0.15) is 27.7 Å². The number of hydrogen-bond donors (Lipinski definition) is 1. The van der Waals surface area contributed by atoms with Crippen LogP contribution in [-0.2, 0) is 17.8 Å². The van der Waals surface area contributed by atoms with Gasteiger partial charge in [-0.1, -0.05) is 18.2 Å². The number of benzene rings is 2. The average Bonchev–Trinajstić information content (AvgIpc) is 3.38. The van der Waals surface area contributed by atoms with Crippen molar-refractivity contribution in [3.05, 3.63) is 74.6 Å². The van der Waals surface area contributed by atoms with Crippen molar-refractivity contribution in [1.29, 1.82) is 0 Å². The summed E-state index contributed by atoms with van der Waals surface area (Å²) in [5.41, 5.74) is 2.91. The third-order valence-electron chi connectivity index (χ3n) is 5.56. The summed E-state index contributed by atoms with van der Waals surface area (Å²) in [4.78, 5) is 43.1. The zero-order valence-corrected chi connectivity index (χ0v) is 19.2. The van der Waals surface area contributed by atoms with Crippen LogP contribution in [0.25, 0.3) is 20.8 Å². The molecule has 3 heterocycles. The minimum absolute atomic E-state index is 0.0118. The highest BCUT2D eigenvalue weighted by atomic mass is 32.1. The topological polar surface area (TPSA) is 105 Å². The van der Waals surface area contributed by atoms with Crippen LogP contribution < -0.4 is 5.32 Å². The number of non-ortho nitro benzene ring substituents is 1. The SMILES string of the molecule is CC(=O)N1CCc2c(sc(NC(=O)c3cccc([N+](=O)[O-])c3)c2-c2nc3ccccc3s2)C1. The molecule has 0 bridgehead atoms. The maximum Gasteiger partial charge on any atom is 0.270 e. The van der Waals surface area contributed by atoms with Crippen LogP contribution in [0.2, 0.25) is 0 Å². The lowest BCUT2D eigenvalue weighted by Gasteiger charge is -2.26. The Morgan fingerprint density at radius 3 is 2.73 bits per heavy atom. The Kier molecular flexibility index (Phi) is 5.39. The molecule has 0 radical (unpaired) electrons. The molecule has 1 aliphatic heterocycles. The van der Waals surface area contributed by atoms with Gasteiger partial charge in [-0.25, -0.2) is 4.98 Å². The molecule has 1 N–H and O–H groups in total. The highest BCUT2D eigenvalue weighted by molar-refractivity contribution is 7.23. The fraction of sp³-hybridized carbons (Fsp3) is 0.174. The summed E-state index contributed by atoms with van der Waals surface area (Å²) in [5.74, 6) is -0.416. The minimum atomic E-state index is -0.524. The Hall–Kier alpha value is -3.63. The predicted molar refractivity (Wildman–Crippen MR) is 129 cm³/mol. The largest absolute Gasteiger partial charge is 0.337 e. The number of nitrogens with one attached hydrogen (secondary N) is 1. The minimum Gasteiger partial charge on any atom is -0.337 e. The van der Waals surface area contributed by atoms with Crippen molar-refractivity contribution in [3.63, 3.8) is 0 Å². The second-order valence-corrected chi connectivity index (χ2v) is 9.78. The van der Waals surface area contributed by atoms with E-state index in [4.69, 9.17) is 4.98 Å². The average molecular weight is 479 g/mol. The number of nitrogens with zero attached hydrogens (tertiary/aromatic N) is 3. The van der Waals surface area contributed by atoms with Crippen LogP contribution in [0, 0.1) is 10.1 Å². The van der Waals surface area contributed by atoms with Crippen molar-refractivity contribution in [2.75, 3.05) is 11.9 Å². The number of rotatable bonds is 4. The van der Waals surface area contributed by atoms with Gasteiger partial charge in [0.05, 0.1) is 21.7 Å². The number of anilines is 1. The first-order valence-electron chi connectivity index (χ1n) is 10.2. The summed E-state index contributed by atoms with van der Waals surface area (Å²) >= 11 is 2.98. The number of carbonyl (C=O) groups excluding carboxylic acids is 2. The van der Waals surface area contributed by atoms with Crippen molar-refractivity contribution in [2.45, 2.75) is 19.9 Å². The molecular formula is C23H18N4O4S2. The predicted octanol–water partition coefficient (Wildman–Crippen LogP) is 5.09. The Labute approximate surface area is 196 Å². The molecule has 10 heteroatoms. The molecule has 2 aromatic heterocycles. The number of thiazole rings is 1. The first kappa shape index (κ1) is 21.2. The van der Waals surface area contributed by atoms with Crippen LogP contribution >= 0.6 is 22.7 Å². The van der Waals surface area contributed by atoms with Crippen molar-refractivity contribution in [1.82, 2.24) is 9.88 Å². The van der Waals surface area contributed by atoms with Gasteiger partial charge in [0, 0.05) is 41.6 Å². The smallest absolute Gasteiger partial charge is 0.270 e. The fourth-order valence-corrected chi connectivity index (χ4v) is 6.27. The summed E-state index contributed by atoms with van der Waals surface area (Å²) < 4.78 is 1.05. The zero-order chi connectivity index (χ0) is 23.1. The van der Waals surface area contributed by atoms with Crippen LogP contribution in [0.15, 0.2) is 48.5 Å². The van der Waals surface area contributed by atoms with Gasteiger partial charge in [-0.2, -0.15) is 0 Å². The summed E-state index contributed by atoms with van der Waals surface area (Å²) in [7, 11) is 0. The van der Waals surface area contributed by atoms with Gasteiger partial charge < -0.3 is 10.2 Å². The standard InChI is InChI=1S/C23H18N4O4S2/c1-13(28)26-10-9-16-19(12-26)33-23(20(16)22-24-17-7-2-3-8-18(17)32-22)25-21(29)14-5-4-6-15(11-14)27(30)31/h2-8,11H,9-10,12H2,1H3,(H,25,29). The molecule has 0 saturated carbocycles. The van der Waals surface area contributed by atoms with Gasteiger partial charge in [-0.05, 0) is 30.2 Å². The number of thiophene rings is 1. The van der Waals surface area contributed by atoms with Crippen LogP contribution in [0.4, 0.5) is 10.7 Å². The highest BCUT2D eigenvalue weighted by Gasteiger charge is 2.29. The van der Waals surface area contributed by atoms with Gasteiger partial charge in [0.15, 0.2) is 0 Å². The number of carbonyl (C=O) groups is 2. The van der Waals surface area contributed by atoms with Crippen molar-refractivity contribution < 1.29 is 14.5 Å². The molecule has 8 nitrogen and oxygen atoms in total. The van der Waals surface area contributed by atoms with E-state index in [1.807, 2.05) is 24.3 Å². The Morgan fingerprint density at radius 1 is 1.15 bits per heavy atom. The van der Waals surface area contributed by atoms with Crippen molar-refractivity contribution >= 4 is 55.4 Å². The lowest BCUT2D eigenvalue weighted by Crippen LogP contribution is -2.33. The molecule has 0 saturated heterocycles. The van der Waals surface area contributed by atoms with Crippen molar-refractivity contribution in [3.8, 4) is 10.6 Å². The quantitative estimate of drug-likeness (QED) is 0.325. The van der Waals surface area contributed by atoms with E-state index in [9.17, 15) is 19.7 Å². The maximum atomic E-state index is 13.0. The number of nitro groups is 1. The van der Waals surface area contributed by atoms with Crippen LogP contribution in [-0.4, -0.2) is 33.2 Å². The normalized spacial score (nSPS) is 13.1. The summed E-state index contributed by atoms with van der Waals surface area (Å²) in [6.07, 6.45) is 0.670. The van der Waals surface area contributed by atoms with E-state index in [0.717, 1.165) is 31.2 Å². The van der Waals surface area contributed by atoms with Crippen LogP contribution in [0.5, 0.6) is 0 Å². The van der Waals surface area contributed by atoms with E-state index in [0.29, 0.717) is 24.5 Å². The van der Waals surface area contributed by atoms with Gasteiger partial charge >= 0.3 is 0 Å². The molecule has 5 rings (SSSR count). The number of aromatic nitrogens is 1. The molecule has 33 heavy (non-hydrogen) atoms. The molecule has 0 atom stereocenters. The molecule has 2 aromatic carbocycles. The second-order valence-electron chi connectivity index (χ2n) is 7.65. The maximum absolute atomic E-state index is 13.0. The number of nitro benzene ring substituents is 1. The lowest BCUT2D eigenvalue weighted by atomic mass is 10.0. The lowest BCUT2D eigenvalue weighted by molar-refractivity contribution is -0.384. The first-order chi connectivity index (χ1) is 15.9. The number of amides is 2. The van der Waals surface area contributed by atoms with E-state index in [2.05, 4.69) is 5.32 Å². The van der Waals surface area contributed by atoms with E-state index in [1.54, 1.807) is 29.2 Å². The fourth-order valence-electron chi connectivity index (χ4n) is 3.90. The van der Waals surface area contributed by atoms with Gasteiger partial charge in [-0.3, -0.25) is 19.7 Å². The Morgan fingerprint density at radius 2 is 1.97 bits per heavy atom. The molecular weight excluding hydrogens is 460 g/mol. The van der Waals surface area contributed by atoms with E-state index in [1.165, 1.54) is 29.5 Å². The third-order valence-corrected chi connectivity index (χ3v) is 7.74. The molecule has 4 aromatic rings. The number of para-hydroxylation sites is 1. The Bertz CT molecular complexity index is 1390. The van der Waals surface area contributed by atoms with Gasteiger partial charge in [-0.15, -0.1) is 22.7 Å². The first-order valence-corrected chi connectivity index (χ1v) is 11.9. The second kappa shape index (κ2) is 8.38. The molecule has 166 valence electrons. The third kappa shape index (κ3) is 3.98. The Balaban J connectivity index is 1.57. The monoisotopic (exact) mass is 478 g/mol. The summed E-state index contributed by atoms with van der Waals surface area (Å²) in [6, 6.07) is 13.5. The molecule has 0 unspecified atom stereocenters. The van der Waals surface area contributed by atoms with Crippen LogP contribution in [0.3, 0.4) is 0 Å². The highest BCUT2D eigenvalue weighted by Crippen LogP contribution is 2.45. The molecule has 2 amide bonds.